The molecule has 1 amide bonds. The lowest BCUT2D eigenvalue weighted by atomic mass is 10.0. The molecule has 2 aliphatic rings. The van der Waals surface area contributed by atoms with Crippen LogP contribution in [0.5, 0.6) is 11.5 Å². The zero-order chi connectivity index (χ0) is 19.1. The van der Waals surface area contributed by atoms with Crippen molar-refractivity contribution in [2.45, 2.75) is 52.1 Å². The Morgan fingerprint density at radius 1 is 1.26 bits per heavy atom. The number of likely N-dealkylation sites (tertiary alicyclic amines) is 1. The van der Waals surface area contributed by atoms with Gasteiger partial charge in [-0.1, -0.05) is 6.07 Å². The standard InChI is InChI=1S/C20H30N4O3/c1-3-21-20(22-10-9-19(25)24-11-5-4-6-15(24)2)23-13-16-7-8-17-18(12-16)27-14-26-17/h7-8,12,15H,3-6,9-11,13-14H2,1-2H3,(H2,21,22,23). The van der Waals surface area contributed by atoms with Crippen molar-refractivity contribution in [3.8, 4) is 11.5 Å². The molecule has 1 aromatic carbocycles. The summed E-state index contributed by atoms with van der Waals surface area (Å²) in [5, 5.41) is 6.49. The minimum atomic E-state index is 0.223. The van der Waals surface area contributed by atoms with E-state index >= 15 is 0 Å². The van der Waals surface area contributed by atoms with Gasteiger partial charge in [-0.15, -0.1) is 0 Å². The number of hydrogen-bond acceptors (Lipinski definition) is 4. The third-order valence-corrected chi connectivity index (χ3v) is 4.96. The third-order valence-electron chi connectivity index (χ3n) is 4.96. The molecule has 0 aromatic heterocycles. The van der Waals surface area contributed by atoms with Gasteiger partial charge in [0.25, 0.3) is 0 Å². The Morgan fingerprint density at radius 3 is 2.93 bits per heavy atom. The van der Waals surface area contributed by atoms with E-state index in [1.54, 1.807) is 0 Å². The van der Waals surface area contributed by atoms with Crippen LogP contribution < -0.4 is 20.1 Å². The number of nitrogens with zero attached hydrogens (tertiary/aromatic N) is 2. The number of aliphatic imine (C=N–C) groups is 1. The molecule has 1 aromatic rings. The van der Waals surface area contributed by atoms with Gasteiger partial charge in [0.1, 0.15) is 0 Å². The van der Waals surface area contributed by atoms with Crippen molar-refractivity contribution in [2.75, 3.05) is 26.4 Å². The van der Waals surface area contributed by atoms with Crippen LogP contribution in [-0.4, -0.2) is 49.2 Å². The lowest BCUT2D eigenvalue weighted by molar-refractivity contribution is -0.134. The van der Waals surface area contributed by atoms with Crippen LogP contribution in [0.2, 0.25) is 0 Å². The number of piperidine rings is 1. The number of fused-ring (bicyclic) bond motifs is 1. The molecule has 7 nitrogen and oxygen atoms in total. The Balaban J connectivity index is 1.49. The maximum absolute atomic E-state index is 12.4. The topological polar surface area (TPSA) is 75.2 Å². The van der Waals surface area contributed by atoms with Gasteiger partial charge >= 0.3 is 0 Å². The van der Waals surface area contributed by atoms with E-state index in [0.717, 1.165) is 49.0 Å². The van der Waals surface area contributed by atoms with Crippen LogP contribution in [-0.2, 0) is 11.3 Å². The van der Waals surface area contributed by atoms with Gasteiger partial charge in [0.05, 0.1) is 6.54 Å². The Hall–Kier alpha value is -2.44. The van der Waals surface area contributed by atoms with Crippen LogP contribution >= 0.6 is 0 Å². The Morgan fingerprint density at radius 2 is 2.11 bits per heavy atom. The number of carbonyl (C=O) groups excluding carboxylic acids is 1. The van der Waals surface area contributed by atoms with Crippen molar-refractivity contribution in [2.24, 2.45) is 4.99 Å². The molecule has 2 N–H and O–H groups in total. The van der Waals surface area contributed by atoms with E-state index in [1.807, 2.05) is 30.0 Å². The summed E-state index contributed by atoms with van der Waals surface area (Å²) in [6.07, 6.45) is 3.93. The number of rotatable bonds is 6. The quantitative estimate of drug-likeness (QED) is 0.590. The number of benzene rings is 1. The first-order valence-corrected chi connectivity index (χ1v) is 9.87. The summed E-state index contributed by atoms with van der Waals surface area (Å²) in [4.78, 5) is 19.1. The molecular weight excluding hydrogens is 344 g/mol. The second kappa shape index (κ2) is 9.48. The molecule has 1 fully saturated rings. The van der Waals surface area contributed by atoms with Crippen molar-refractivity contribution in [1.82, 2.24) is 15.5 Å². The number of carbonyl (C=O) groups is 1. The average Bonchev–Trinajstić information content (AvgIpc) is 3.14. The summed E-state index contributed by atoms with van der Waals surface area (Å²) < 4.78 is 10.7. The highest BCUT2D eigenvalue weighted by molar-refractivity contribution is 5.81. The van der Waals surface area contributed by atoms with Crippen molar-refractivity contribution in [3.05, 3.63) is 23.8 Å². The van der Waals surface area contributed by atoms with Gasteiger partial charge in [0.2, 0.25) is 12.7 Å². The first-order valence-electron chi connectivity index (χ1n) is 9.87. The van der Waals surface area contributed by atoms with Gasteiger partial charge in [-0.25, -0.2) is 4.99 Å². The fourth-order valence-corrected chi connectivity index (χ4v) is 3.45. The summed E-state index contributed by atoms with van der Waals surface area (Å²) in [6, 6.07) is 6.21. The molecule has 1 unspecified atom stereocenters. The summed E-state index contributed by atoms with van der Waals surface area (Å²) in [5.74, 6) is 2.48. The largest absolute Gasteiger partial charge is 0.454 e. The van der Waals surface area contributed by atoms with Gasteiger partial charge in [0, 0.05) is 32.1 Å². The van der Waals surface area contributed by atoms with E-state index in [9.17, 15) is 4.79 Å². The third kappa shape index (κ3) is 5.28. The maximum Gasteiger partial charge on any atom is 0.231 e. The molecule has 7 heteroatoms. The van der Waals surface area contributed by atoms with E-state index in [2.05, 4.69) is 22.5 Å². The van der Waals surface area contributed by atoms with Crippen LogP contribution in [0, 0.1) is 0 Å². The van der Waals surface area contributed by atoms with Crippen molar-refractivity contribution in [1.29, 1.82) is 0 Å². The predicted octanol–water partition coefficient (Wildman–Crippen LogP) is 2.26. The molecule has 2 aliphatic heterocycles. The number of hydrogen-bond donors (Lipinski definition) is 2. The minimum Gasteiger partial charge on any atom is -0.454 e. The number of ether oxygens (including phenoxy) is 2. The van der Waals surface area contributed by atoms with Gasteiger partial charge in [-0.05, 0) is 50.8 Å². The molecule has 0 spiro atoms. The smallest absolute Gasteiger partial charge is 0.231 e. The highest BCUT2D eigenvalue weighted by Crippen LogP contribution is 2.32. The zero-order valence-electron chi connectivity index (χ0n) is 16.3. The van der Waals surface area contributed by atoms with Gasteiger partial charge in [-0.2, -0.15) is 0 Å². The molecule has 148 valence electrons. The summed E-state index contributed by atoms with van der Waals surface area (Å²) in [7, 11) is 0. The van der Waals surface area contributed by atoms with Crippen molar-refractivity contribution < 1.29 is 14.3 Å². The van der Waals surface area contributed by atoms with Crippen LogP contribution in [0.15, 0.2) is 23.2 Å². The predicted molar refractivity (Wildman–Crippen MR) is 105 cm³/mol. The van der Waals surface area contributed by atoms with Crippen molar-refractivity contribution in [3.63, 3.8) is 0 Å². The molecule has 2 heterocycles. The van der Waals surface area contributed by atoms with E-state index in [0.29, 0.717) is 25.6 Å². The molecule has 1 atom stereocenters. The molecule has 0 radical (unpaired) electrons. The van der Waals surface area contributed by atoms with Crippen molar-refractivity contribution >= 4 is 11.9 Å². The normalized spacial score (nSPS) is 19.1. The van der Waals surface area contributed by atoms with E-state index < -0.39 is 0 Å². The number of amides is 1. The molecule has 0 aliphatic carbocycles. The molecular formula is C20H30N4O3. The highest BCUT2D eigenvalue weighted by atomic mass is 16.7. The first kappa shape index (κ1) is 19.3. The lowest BCUT2D eigenvalue weighted by Gasteiger charge is -2.33. The minimum absolute atomic E-state index is 0.223. The summed E-state index contributed by atoms with van der Waals surface area (Å²) in [5.41, 5.74) is 1.05. The fourth-order valence-electron chi connectivity index (χ4n) is 3.45. The Kier molecular flexibility index (Phi) is 6.79. The summed E-state index contributed by atoms with van der Waals surface area (Å²) in [6.45, 7) is 7.20. The number of guanidine groups is 1. The molecule has 0 saturated carbocycles. The zero-order valence-corrected chi connectivity index (χ0v) is 16.3. The molecule has 27 heavy (non-hydrogen) atoms. The van der Waals surface area contributed by atoms with Gasteiger partial charge in [-0.3, -0.25) is 4.79 Å². The van der Waals surface area contributed by atoms with E-state index in [1.165, 1.54) is 6.42 Å². The van der Waals surface area contributed by atoms with Crippen LogP contribution in [0.25, 0.3) is 0 Å². The van der Waals surface area contributed by atoms with Gasteiger partial charge < -0.3 is 25.0 Å². The Labute approximate surface area is 161 Å². The second-order valence-corrected chi connectivity index (χ2v) is 6.99. The molecule has 3 rings (SSSR count). The summed E-state index contributed by atoms with van der Waals surface area (Å²) >= 11 is 0. The van der Waals surface area contributed by atoms with Crippen LogP contribution in [0.4, 0.5) is 0 Å². The van der Waals surface area contributed by atoms with E-state index in [4.69, 9.17) is 9.47 Å². The Bertz CT molecular complexity index is 677. The second-order valence-electron chi connectivity index (χ2n) is 6.99. The van der Waals surface area contributed by atoms with Gasteiger partial charge in [0.15, 0.2) is 17.5 Å². The maximum atomic E-state index is 12.4. The van der Waals surface area contributed by atoms with E-state index in [-0.39, 0.29) is 12.7 Å². The van der Waals surface area contributed by atoms with Crippen LogP contribution in [0.3, 0.4) is 0 Å². The molecule has 0 bridgehead atoms. The highest BCUT2D eigenvalue weighted by Gasteiger charge is 2.22. The monoisotopic (exact) mass is 374 g/mol. The number of nitrogens with one attached hydrogen (secondary N) is 2. The first-order chi connectivity index (χ1) is 13.2. The average molecular weight is 374 g/mol. The SMILES string of the molecule is CCNC(=NCc1ccc2c(c1)OCO2)NCCC(=O)N1CCCCC1C. The van der Waals surface area contributed by atoms with Crippen LogP contribution in [0.1, 0.15) is 45.1 Å². The lowest BCUT2D eigenvalue weighted by Crippen LogP contribution is -2.44. The fraction of sp³-hybridized carbons (Fsp3) is 0.600. The molecule has 1 saturated heterocycles.